The Balaban J connectivity index is 2.12. The molecule has 0 aromatic heterocycles. The number of nitrogens with zero attached hydrogens (tertiary/aromatic N) is 1. The molecular formula is C17H22FNO5. The Hall–Kier alpha value is -1.99. The number of carbonyl (C=O) groups excluding carboxylic acids is 1. The highest BCUT2D eigenvalue weighted by atomic mass is 19.1. The molecule has 1 N–H and O–H groups in total. The van der Waals surface area contributed by atoms with Gasteiger partial charge in [-0.3, -0.25) is 4.79 Å². The number of amides is 1. The van der Waals surface area contributed by atoms with E-state index in [4.69, 9.17) is 9.47 Å². The molecule has 1 aliphatic rings. The van der Waals surface area contributed by atoms with Gasteiger partial charge in [-0.1, -0.05) is 0 Å². The molecule has 1 heterocycles. The van der Waals surface area contributed by atoms with E-state index in [1.807, 2.05) is 0 Å². The zero-order valence-electron chi connectivity index (χ0n) is 13.7. The molecule has 0 radical (unpaired) electrons. The SMILES string of the molecule is COCCOCc1cc(C(=O)N2CCCC[C@@H]2C(=O)O)ccc1F. The van der Waals surface area contributed by atoms with E-state index in [1.165, 1.54) is 23.1 Å². The minimum Gasteiger partial charge on any atom is -0.480 e. The smallest absolute Gasteiger partial charge is 0.326 e. The van der Waals surface area contributed by atoms with Gasteiger partial charge in [0.1, 0.15) is 11.9 Å². The molecule has 0 bridgehead atoms. The average Bonchev–Trinajstić information content (AvgIpc) is 2.59. The lowest BCUT2D eigenvalue weighted by atomic mass is 10.0. The van der Waals surface area contributed by atoms with Crippen LogP contribution in [0.1, 0.15) is 35.2 Å². The van der Waals surface area contributed by atoms with E-state index in [0.29, 0.717) is 26.2 Å². The molecule has 0 aliphatic carbocycles. The van der Waals surface area contributed by atoms with Gasteiger partial charge in [0.05, 0.1) is 19.8 Å². The van der Waals surface area contributed by atoms with Crippen molar-refractivity contribution < 1.29 is 28.6 Å². The van der Waals surface area contributed by atoms with Gasteiger partial charge in [-0.25, -0.2) is 9.18 Å². The molecule has 1 saturated heterocycles. The molecule has 1 amide bonds. The Morgan fingerprint density at radius 1 is 1.33 bits per heavy atom. The first-order chi connectivity index (χ1) is 11.5. The van der Waals surface area contributed by atoms with Crippen LogP contribution in [0, 0.1) is 5.82 Å². The second-order valence-electron chi connectivity index (χ2n) is 5.70. The Morgan fingerprint density at radius 3 is 2.83 bits per heavy atom. The largest absolute Gasteiger partial charge is 0.480 e. The van der Waals surface area contributed by atoms with Gasteiger partial charge in [-0.15, -0.1) is 0 Å². The number of aliphatic carboxylic acids is 1. The highest BCUT2D eigenvalue weighted by Crippen LogP contribution is 2.21. The van der Waals surface area contributed by atoms with Crippen molar-refractivity contribution in [3.05, 3.63) is 35.1 Å². The third kappa shape index (κ3) is 4.52. The van der Waals surface area contributed by atoms with Crippen molar-refractivity contribution in [1.82, 2.24) is 4.90 Å². The number of carboxylic acid groups (broad SMARTS) is 1. The lowest BCUT2D eigenvalue weighted by molar-refractivity contribution is -0.143. The number of benzene rings is 1. The summed E-state index contributed by atoms with van der Waals surface area (Å²) in [5, 5.41) is 9.28. The van der Waals surface area contributed by atoms with Gasteiger partial charge < -0.3 is 19.5 Å². The number of hydrogen-bond acceptors (Lipinski definition) is 4. The molecule has 1 aromatic carbocycles. The number of carboxylic acids is 1. The molecule has 0 unspecified atom stereocenters. The van der Waals surface area contributed by atoms with E-state index < -0.39 is 17.8 Å². The second kappa shape index (κ2) is 8.75. The maximum Gasteiger partial charge on any atom is 0.326 e. The number of hydrogen-bond donors (Lipinski definition) is 1. The van der Waals surface area contributed by atoms with Crippen LogP contribution in [0.15, 0.2) is 18.2 Å². The van der Waals surface area contributed by atoms with Crippen molar-refractivity contribution in [3.8, 4) is 0 Å². The van der Waals surface area contributed by atoms with Crippen molar-refractivity contribution in [3.63, 3.8) is 0 Å². The minimum atomic E-state index is -1.01. The van der Waals surface area contributed by atoms with Crippen LogP contribution in [0.3, 0.4) is 0 Å². The van der Waals surface area contributed by atoms with Gasteiger partial charge in [0.2, 0.25) is 0 Å². The van der Waals surface area contributed by atoms with Crippen LogP contribution < -0.4 is 0 Å². The summed E-state index contributed by atoms with van der Waals surface area (Å²) in [4.78, 5) is 25.3. The number of carbonyl (C=O) groups is 2. The summed E-state index contributed by atoms with van der Waals surface area (Å²) in [6, 6.07) is 3.20. The highest BCUT2D eigenvalue weighted by molar-refractivity contribution is 5.96. The topological polar surface area (TPSA) is 76.1 Å². The van der Waals surface area contributed by atoms with Crippen molar-refractivity contribution in [1.29, 1.82) is 0 Å². The number of halogens is 1. The summed E-state index contributed by atoms with van der Waals surface area (Å²) >= 11 is 0. The molecular weight excluding hydrogens is 317 g/mol. The fourth-order valence-corrected chi connectivity index (χ4v) is 2.74. The van der Waals surface area contributed by atoms with E-state index >= 15 is 0 Å². The molecule has 24 heavy (non-hydrogen) atoms. The van der Waals surface area contributed by atoms with Crippen LogP contribution in [-0.4, -0.2) is 54.8 Å². The highest BCUT2D eigenvalue weighted by Gasteiger charge is 2.32. The van der Waals surface area contributed by atoms with Gasteiger partial charge in [0, 0.05) is 24.8 Å². The monoisotopic (exact) mass is 339 g/mol. The van der Waals surface area contributed by atoms with Crippen LogP contribution in [0.2, 0.25) is 0 Å². The average molecular weight is 339 g/mol. The van der Waals surface area contributed by atoms with E-state index in [-0.39, 0.29) is 23.6 Å². The van der Waals surface area contributed by atoms with Crippen LogP contribution in [-0.2, 0) is 20.9 Å². The Morgan fingerprint density at radius 2 is 2.12 bits per heavy atom. The number of rotatable bonds is 7. The van der Waals surface area contributed by atoms with Gasteiger partial charge >= 0.3 is 5.97 Å². The molecule has 1 fully saturated rings. The molecule has 2 rings (SSSR count). The Bertz CT molecular complexity index is 592. The predicted molar refractivity (Wildman–Crippen MR) is 84.2 cm³/mol. The molecule has 1 aliphatic heterocycles. The van der Waals surface area contributed by atoms with Crippen molar-refractivity contribution >= 4 is 11.9 Å². The normalized spacial score (nSPS) is 17.8. The first kappa shape index (κ1) is 18.4. The third-order valence-corrected chi connectivity index (χ3v) is 4.03. The lowest BCUT2D eigenvalue weighted by Gasteiger charge is -2.33. The Labute approximate surface area is 140 Å². The molecule has 0 spiro atoms. The van der Waals surface area contributed by atoms with Crippen molar-refractivity contribution in [2.45, 2.75) is 31.9 Å². The second-order valence-corrected chi connectivity index (χ2v) is 5.70. The summed E-state index contributed by atoms with van der Waals surface area (Å²) in [6.45, 7) is 1.14. The molecule has 1 atom stereocenters. The van der Waals surface area contributed by atoms with Crippen molar-refractivity contribution in [2.24, 2.45) is 0 Å². The van der Waals surface area contributed by atoms with Crippen LogP contribution in [0.4, 0.5) is 4.39 Å². The van der Waals surface area contributed by atoms with Crippen LogP contribution in [0.25, 0.3) is 0 Å². The molecule has 0 saturated carbocycles. The van der Waals surface area contributed by atoms with Gasteiger partial charge in [-0.05, 0) is 37.5 Å². The maximum absolute atomic E-state index is 13.9. The van der Waals surface area contributed by atoms with Gasteiger partial charge in [-0.2, -0.15) is 0 Å². The summed E-state index contributed by atoms with van der Waals surface area (Å²) in [5.74, 6) is -1.86. The van der Waals surface area contributed by atoms with Gasteiger partial charge in [0.25, 0.3) is 5.91 Å². The minimum absolute atomic E-state index is 0.0265. The first-order valence-electron chi connectivity index (χ1n) is 7.93. The summed E-state index contributed by atoms with van der Waals surface area (Å²) in [6.07, 6.45) is 1.99. The number of likely N-dealkylation sites (tertiary alicyclic amines) is 1. The zero-order valence-corrected chi connectivity index (χ0v) is 13.7. The van der Waals surface area contributed by atoms with E-state index in [1.54, 1.807) is 7.11 Å². The number of ether oxygens (including phenoxy) is 2. The fourth-order valence-electron chi connectivity index (χ4n) is 2.74. The molecule has 7 heteroatoms. The van der Waals surface area contributed by atoms with E-state index in [2.05, 4.69) is 0 Å². The van der Waals surface area contributed by atoms with Gasteiger partial charge in [0.15, 0.2) is 0 Å². The molecule has 6 nitrogen and oxygen atoms in total. The molecule has 132 valence electrons. The summed E-state index contributed by atoms with van der Waals surface area (Å²) in [7, 11) is 1.54. The van der Waals surface area contributed by atoms with E-state index in [0.717, 1.165) is 12.8 Å². The predicted octanol–water partition coefficient (Wildman–Crippen LogP) is 2.07. The quantitative estimate of drug-likeness (QED) is 0.770. The van der Waals surface area contributed by atoms with Crippen molar-refractivity contribution in [2.75, 3.05) is 26.9 Å². The lowest BCUT2D eigenvalue weighted by Crippen LogP contribution is -2.48. The fraction of sp³-hybridized carbons (Fsp3) is 0.529. The maximum atomic E-state index is 13.9. The first-order valence-corrected chi connectivity index (χ1v) is 7.93. The number of methoxy groups -OCH3 is 1. The third-order valence-electron chi connectivity index (χ3n) is 4.03. The number of piperidine rings is 1. The molecule has 1 aromatic rings. The summed E-state index contributed by atoms with van der Waals surface area (Å²) in [5.41, 5.74) is 0.538. The van der Waals surface area contributed by atoms with Crippen LogP contribution >= 0.6 is 0 Å². The summed E-state index contributed by atoms with van der Waals surface area (Å²) < 4.78 is 24.0. The van der Waals surface area contributed by atoms with Crippen LogP contribution in [0.5, 0.6) is 0 Å². The van der Waals surface area contributed by atoms with E-state index in [9.17, 15) is 19.1 Å². The standard InChI is InChI=1S/C17H22FNO5/c1-23-8-9-24-11-13-10-12(5-6-14(13)18)16(20)19-7-3-2-4-15(19)17(21)22/h5-6,10,15H,2-4,7-9,11H2,1H3,(H,21,22)/t15-/m1/s1. The Kier molecular flexibility index (Phi) is 6.69. The zero-order chi connectivity index (χ0) is 17.5.